The number of anilines is 1. The molecule has 3 rings (SSSR count). The van der Waals surface area contributed by atoms with Crippen molar-refractivity contribution in [3.8, 4) is 5.75 Å². The number of ether oxygens (including phenoxy) is 2. The quantitative estimate of drug-likeness (QED) is 0.340. The lowest BCUT2D eigenvalue weighted by molar-refractivity contribution is -0.138. The number of nitrogens with one attached hydrogen (secondary N) is 2. The van der Waals surface area contributed by atoms with Gasteiger partial charge in [-0.05, 0) is 48.4 Å². The van der Waals surface area contributed by atoms with Crippen LogP contribution in [0.15, 0.2) is 42.5 Å². The maximum Gasteiger partial charge on any atom is 0.330 e. The van der Waals surface area contributed by atoms with Gasteiger partial charge in [-0.15, -0.1) is 0 Å². The normalized spacial score (nSPS) is 15.3. The van der Waals surface area contributed by atoms with Crippen molar-refractivity contribution >= 4 is 17.5 Å². The van der Waals surface area contributed by atoms with E-state index in [4.69, 9.17) is 20.6 Å². The second-order valence-electron chi connectivity index (χ2n) is 7.43. The zero-order valence-electron chi connectivity index (χ0n) is 17.8. The third-order valence-corrected chi connectivity index (χ3v) is 5.32. The lowest BCUT2D eigenvalue weighted by atomic mass is 10.0. The Morgan fingerprint density at radius 1 is 1.26 bits per heavy atom. The number of amidine groups is 1. The van der Waals surface area contributed by atoms with Gasteiger partial charge >= 0.3 is 5.97 Å². The van der Waals surface area contributed by atoms with E-state index in [0.717, 1.165) is 44.8 Å². The molecule has 8 heteroatoms. The lowest BCUT2D eigenvalue weighted by Gasteiger charge is -2.27. The van der Waals surface area contributed by atoms with Gasteiger partial charge in [-0.1, -0.05) is 13.0 Å². The Morgan fingerprint density at radius 3 is 2.58 bits per heavy atom. The fourth-order valence-electron chi connectivity index (χ4n) is 3.47. The number of carboxylic acids is 1. The van der Waals surface area contributed by atoms with Crippen molar-refractivity contribution in [2.24, 2.45) is 5.73 Å². The summed E-state index contributed by atoms with van der Waals surface area (Å²) < 4.78 is 11.4. The second kappa shape index (κ2) is 10.8. The fourth-order valence-corrected chi connectivity index (χ4v) is 3.47. The Kier molecular flexibility index (Phi) is 7.86. The molecule has 1 fully saturated rings. The fraction of sp³-hybridized carbons (Fsp3) is 0.391. The van der Waals surface area contributed by atoms with Crippen molar-refractivity contribution in [3.63, 3.8) is 0 Å². The first kappa shape index (κ1) is 22.6. The van der Waals surface area contributed by atoms with E-state index >= 15 is 0 Å². The van der Waals surface area contributed by atoms with Gasteiger partial charge in [-0.3, -0.25) is 10.3 Å². The van der Waals surface area contributed by atoms with E-state index in [9.17, 15) is 9.90 Å². The summed E-state index contributed by atoms with van der Waals surface area (Å²) >= 11 is 0. The van der Waals surface area contributed by atoms with Gasteiger partial charge in [0.15, 0.2) is 6.04 Å². The number of benzene rings is 2. The van der Waals surface area contributed by atoms with E-state index in [2.05, 4.69) is 10.2 Å². The van der Waals surface area contributed by atoms with E-state index in [1.807, 2.05) is 25.1 Å². The molecule has 0 aliphatic carbocycles. The molecule has 1 heterocycles. The Morgan fingerprint density at radius 2 is 1.97 bits per heavy atom. The van der Waals surface area contributed by atoms with Gasteiger partial charge in [-0.2, -0.15) is 0 Å². The molecule has 5 N–H and O–H groups in total. The largest absolute Gasteiger partial charge is 0.492 e. The smallest absolute Gasteiger partial charge is 0.330 e. The van der Waals surface area contributed by atoms with Crippen molar-refractivity contribution in [2.45, 2.75) is 19.4 Å². The Bertz CT molecular complexity index is 895. The highest BCUT2D eigenvalue weighted by Crippen LogP contribution is 2.30. The van der Waals surface area contributed by atoms with Crippen LogP contribution in [0.3, 0.4) is 0 Å². The molecule has 2 aromatic carbocycles. The standard InChI is InChI=1S/C23H30N4O4/c1-2-16-3-8-20(31-14-11-27-9-12-30-13-10-27)19(15-16)21(23(28)29)26-18-6-4-17(5-7-18)22(24)25/h3-8,15,21,26H,2,9-14H2,1H3,(H3,24,25)(H,28,29). The van der Waals surface area contributed by atoms with Gasteiger partial charge in [0.05, 0.1) is 13.2 Å². The summed E-state index contributed by atoms with van der Waals surface area (Å²) in [6.45, 7) is 6.46. The second-order valence-corrected chi connectivity index (χ2v) is 7.43. The highest BCUT2D eigenvalue weighted by molar-refractivity contribution is 5.95. The maximum absolute atomic E-state index is 12.2. The van der Waals surface area contributed by atoms with Gasteiger partial charge in [-0.25, -0.2) is 4.79 Å². The Balaban J connectivity index is 1.78. The molecule has 0 bridgehead atoms. The highest BCUT2D eigenvalue weighted by atomic mass is 16.5. The summed E-state index contributed by atoms with van der Waals surface area (Å²) in [6, 6.07) is 11.5. The average molecular weight is 427 g/mol. The maximum atomic E-state index is 12.2. The summed E-state index contributed by atoms with van der Waals surface area (Å²) in [6.07, 6.45) is 0.792. The number of nitrogens with two attached hydrogens (primary N) is 1. The first-order chi connectivity index (χ1) is 15.0. The van der Waals surface area contributed by atoms with Gasteiger partial charge in [0.25, 0.3) is 0 Å². The topological polar surface area (TPSA) is 121 Å². The molecule has 8 nitrogen and oxygen atoms in total. The minimum atomic E-state index is -0.998. The lowest BCUT2D eigenvalue weighted by Crippen LogP contribution is -2.38. The SMILES string of the molecule is CCc1ccc(OCCN2CCOCC2)c(C(Nc2ccc(C(=N)N)cc2)C(=O)O)c1. The summed E-state index contributed by atoms with van der Waals surface area (Å²) in [4.78, 5) is 14.4. The van der Waals surface area contributed by atoms with Gasteiger partial charge in [0.1, 0.15) is 18.2 Å². The van der Waals surface area contributed by atoms with Crippen LogP contribution in [0.5, 0.6) is 5.75 Å². The molecule has 0 saturated carbocycles. The third kappa shape index (κ3) is 6.19. The molecule has 166 valence electrons. The van der Waals surface area contributed by atoms with E-state index in [-0.39, 0.29) is 5.84 Å². The summed E-state index contributed by atoms with van der Waals surface area (Å²) in [5, 5.41) is 20.5. The minimum Gasteiger partial charge on any atom is -0.492 e. The molecule has 1 unspecified atom stereocenters. The van der Waals surface area contributed by atoms with E-state index in [1.54, 1.807) is 24.3 Å². The van der Waals surface area contributed by atoms with Crippen LogP contribution in [0.25, 0.3) is 0 Å². The van der Waals surface area contributed by atoms with Crippen molar-refractivity contribution in [1.82, 2.24) is 4.90 Å². The molecule has 31 heavy (non-hydrogen) atoms. The molecule has 1 saturated heterocycles. The number of carboxylic acid groups (broad SMARTS) is 1. The number of aryl methyl sites for hydroxylation is 1. The molecule has 1 aliphatic heterocycles. The van der Waals surface area contributed by atoms with Gasteiger partial charge in [0, 0.05) is 36.4 Å². The number of nitrogens with zero attached hydrogens (tertiary/aromatic N) is 1. The zero-order valence-corrected chi connectivity index (χ0v) is 17.8. The molecule has 1 atom stereocenters. The van der Waals surface area contributed by atoms with E-state index in [1.165, 1.54) is 0 Å². The third-order valence-electron chi connectivity index (χ3n) is 5.32. The van der Waals surface area contributed by atoms with Crippen LogP contribution in [0, 0.1) is 5.41 Å². The Labute approximate surface area is 182 Å². The molecule has 0 aromatic heterocycles. The van der Waals surface area contributed by atoms with Gasteiger partial charge in [0.2, 0.25) is 0 Å². The monoisotopic (exact) mass is 426 g/mol. The summed E-state index contributed by atoms with van der Waals surface area (Å²) in [5.74, 6) is -0.472. The van der Waals surface area contributed by atoms with Crippen LogP contribution in [-0.4, -0.2) is 61.3 Å². The number of aliphatic carboxylic acids is 1. The first-order valence-corrected chi connectivity index (χ1v) is 10.5. The molecular formula is C23H30N4O4. The summed E-state index contributed by atoms with van der Waals surface area (Å²) in [7, 11) is 0. The van der Waals surface area contributed by atoms with Crippen LogP contribution in [0.4, 0.5) is 5.69 Å². The molecule has 0 amide bonds. The first-order valence-electron chi connectivity index (χ1n) is 10.5. The van der Waals surface area contributed by atoms with Crippen molar-refractivity contribution in [2.75, 3.05) is 44.8 Å². The minimum absolute atomic E-state index is 0.0343. The number of hydrogen-bond donors (Lipinski definition) is 4. The van der Waals surface area contributed by atoms with Crippen LogP contribution in [0.1, 0.15) is 29.7 Å². The number of rotatable bonds is 10. The number of nitrogen functional groups attached to an aromatic ring is 1. The highest BCUT2D eigenvalue weighted by Gasteiger charge is 2.24. The molecule has 0 radical (unpaired) electrons. The van der Waals surface area contributed by atoms with Crippen molar-refractivity contribution in [1.29, 1.82) is 5.41 Å². The van der Waals surface area contributed by atoms with Crippen LogP contribution in [0.2, 0.25) is 0 Å². The molecule has 1 aliphatic rings. The molecular weight excluding hydrogens is 396 g/mol. The van der Waals surface area contributed by atoms with E-state index < -0.39 is 12.0 Å². The predicted molar refractivity (Wildman–Crippen MR) is 120 cm³/mol. The average Bonchev–Trinajstić information content (AvgIpc) is 2.78. The van der Waals surface area contributed by atoms with Crippen LogP contribution >= 0.6 is 0 Å². The molecule has 0 spiro atoms. The van der Waals surface area contributed by atoms with Crippen molar-refractivity contribution in [3.05, 3.63) is 59.2 Å². The number of carbonyl (C=O) groups is 1. The zero-order chi connectivity index (χ0) is 22.2. The van der Waals surface area contributed by atoms with Crippen LogP contribution < -0.4 is 15.8 Å². The van der Waals surface area contributed by atoms with E-state index in [0.29, 0.717) is 29.2 Å². The molecule has 2 aromatic rings. The van der Waals surface area contributed by atoms with Crippen molar-refractivity contribution < 1.29 is 19.4 Å². The predicted octanol–water partition coefficient (Wildman–Crippen LogP) is 2.48. The van der Waals surface area contributed by atoms with Gasteiger partial charge < -0.3 is 25.6 Å². The number of hydrogen-bond acceptors (Lipinski definition) is 6. The Hall–Kier alpha value is -3.10. The number of morpholine rings is 1. The summed E-state index contributed by atoms with van der Waals surface area (Å²) in [5.41, 5.74) is 8.33. The van der Waals surface area contributed by atoms with Crippen LogP contribution in [-0.2, 0) is 16.0 Å².